The molecule has 0 radical (unpaired) electrons. The Morgan fingerprint density at radius 1 is 1.04 bits per heavy atom. The van der Waals surface area contributed by atoms with Crippen molar-refractivity contribution in [2.24, 2.45) is 0 Å². The van der Waals surface area contributed by atoms with Crippen molar-refractivity contribution in [1.29, 1.82) is 0 Å². The number of aromatic nitrogens is 5. The number of pyridine rings is 1. The van der Waals surface area contributed by atoms with Gasteiger partial charge >= 0.3 is 0 Å². The van der Waals surface area contributed by atoms with E-state index in [0.717, 1.165) is 5.56 Å². The second-order valence-electron chi connectivity index (χ2n) is 6.78. The maximum absolute atomic E-state index is 12.3. The van der Waals surface area contributed by atoms with Gasteiger partial charge in [0, 0.05) is 30.1 Å². The molecule has 0 amide bonds. The van der Waals surface area contributed by atoms with Crippen molar-refractivity contribution in [3.05, 3.63) is 59.5 Å². The Balaban J connectivity index is 1.46. The molecule has 0 unspecified atom stereocenters. The van der Waals surface area contributed by atoms with Crippen LogP contribution in [0.1, 0.15) is 31.7 Å². The molecule has 0 spiro atoms. The zero-order valence-electron chi connectivity index (χ0n) is 15.0. The third kappa shape index (κ3) is 3.87. The number of H-pyrrole nitrogens is 1. The SMILES string of the molecule is O=c1ccc(-c2ccncc2)nn1C1CCC(NS(=O)(=O)c2cnc[nH]2)CC1. The van der Waals surface area contributed by atoms with Gasteiger partial charge < -0.3 is 4.98 Å². The molecule has 1 aliphatic rings. The van der Waals surface area contributed by atoms with Crippen LogP contribution in [0.5, 0.6) is 0 Å². The fourth-order valence-corrected chi connectivity index (χ4v) is 4.68. The van der Waals surface area contributed by atoms with Gasteiger partial charge in [-0.05, 0) is 43.9 Å². The average molecular weight is 400 g/mol. The molecule has 4 rings (SSSR count). The Hall–Kier alpha value is -2.85. The smallest absolute Gasteiger partial charge is 0.267 e. The molecule has 0 atom stereocenters. The molecule has 0 aromatic carbocycles. The molecule has 1 saturated carbocycles. The van der Waals surface area contributed by atoms with Gasteiger partial charge in [-0.15, -0.1) is 0 Å². The summed E-state index contributed by atoms with van der Waals surface area (Å²) in [5.74, 6) is 0. The zero-order chi connectivity index (χ0) is 19.6. The molecule has 0 bridgehead atoms. The van der Waals surface area contributed by atoms with Gasteiger partial charge in [-0.25, -0.2) is 22.8 Å². The first-order chi connectivity index (χ1) is 13.5. The molecule has 1 fully saturated rings. The summed E-state index contributed by atoms with van der Waals surface area (Å²) < 4.78 is 28.9. The van der Waals surface area contributed by atoms with E-state index in [2.05, 4.69) is 24.8 Å². The number of nitrogens with one attached hydrogen (secondary N) is 2. The Labute approximate surface area is 161 Å². The molecule has 3 aromatic heterocycles. The lowest BCUT2D eigenvalue weighted by Crippen LogP contribution is -2.39. The van der Waals surface area contributed by atoms with Crippen molar-refractivity contribution in [2.45, 2.75) is 42.8 Å². The Morgan fingerprint density at radius 2 is 1.79 bits per heavy atom. The van der Waals surface area contributed by atoms with Crippen LogP contribution in [-0.4, -0.2) is 39.2 Å². The lowest BCUT2D eigenvalue weighted by atomic mass is 9.92. The van der Waals surface area contributed by atoms with Gasteiger partial charge in [0.1, 0.15) is 0 Å². The molecule has 1 aliphatic carbocycles. The molecule has 0 aliphatic heterocycles. The summed E-state index contributed by atoms with van der Waals surface area (Å²) in [7, 11) is -3.61. The Morgan fingerprint density at radius 3 is 2.46 bits per heavy atom. The summed E-state index contributed by atoms with van der Waals surface area (Å²) in [6, 6.07) is 6.69. The topological polar surface area (TPSA) is 123 Å². The average Bonchev–Trinajstić information content (AvgIpc) is 3.26. The van der Waals surface area contributed by atoms with Gasteiger partial charge in [-0.3, -0.25) is 9.78 Å². The van der Waals surface area contributed by atoms with Crippen molar-refractivity contribution in [3.8, 4) is 11.3 Å². The summed E-state index contributed by atoms with van der Waals surface area (Å²) in [5.41, 5.74) is 1.45. The molecule has 10 heteroatoms. The highest BCUT2D eigenvalue weighted by molar-refractivity contribution is 7.89. The van der Waals surface area contributed by atoms with Gasteiger partial charge in [0.25, 0.3) is 15.6 Å². The maximum Gasteiger partial charge on any atom is 0.267 e. The monoisotopic (exact) mass is 400 g/mol. The summed E-state index contributed by atoms with van der Waals surface area (Å²) in [5, 5.41) is 4.58. The van der Waals surface area contributed by atoms with Crippen LogP contribution in [0.4, 0.5) is 0 Å². The third-order valence-electron chi connectivity index (χ3n) is 4.93. The van der Waals surface area contributed by atoms with Gasteiger partial charge in [0.05, 0.1) is 24.3 Å². The van der Waals surface area contributed by atoms with Gasteiger partial charge in [0.2, 0.25) is 0 Å². The standard InChI is InChI=1S/C18H20N6O3S/c25-18-6-5-16(13-7-9-19-10-8-13)22-24(18)15-3-1-14(2-4-15)23-28(26,27)17-11-20-12-21-17/h5-12,14-15,23H,1-4H2,(H,20,21). The maximum atomic E-state index is 12.3. The van der Waals surface area contributed by atoms with Gasteiger partial charge in [-0.2, -0.15) is 5.10 Å². The highest BCUT2D eigenvalue weighted by Crippen LogP contribution is 2.28. The molecule has 28 heavy (non-hydrogen) atoms. The highest BCUT2D eigenvalue weighted by Gasteiger charge is 2.28. The number of aromatic amines is 1. The largest absolute Gasteiger partial charge is 0.335 e. The van der Waals surface area contributed by atoms with E-state index in [1.165, 1.54) is 23.3 Å². The lowest BCUT2D eigenvalue weighted by Gasteiger charge is -2.29. The molecule has 2 N–H and O–H groups in total. The Bertz CT molecular complexity index is 1090. The van der Waals surface area contributed by atoms with E-state index in [-0.39, 0.29) is 22.7 Å². The van der Waals surface area contributed by atoms with Crippen LogP contribution < -0.4 is 10.3 Å². The van der Waals surface area contributed by atoms with Crippen molar-refractivity contribution in [1.82, 2.24) is 29.5 Å². The summed E-state index contributed by atoms with van der Waals surface area (Å²) in [6.07, 6.45) is 8.58. The highest BCUT2D eigenvalue weighted by atomic mass is 32.2. The second kappa shape index (κ2) is 7.64. The second-order valence-corrected chi connectivity index (χ2v) is 8.46. The number of sulfonamides is 1. The normalized spacial score (nSPS) is 20.1. The van der Waals surface area contributed by atoms with Crippen LogP contribution in [-0.2, 0) is 10.0 Å². The fourth-order valence-electron chi connectivity index (χ4n) is 3.47. The zero-order valence-corrected chi connectivity index (χ0v) is 15.8. The van der Waals surface area contributed by atoms with E-state index in [4.69, 9.17) is 0 Å². The lowest BCUT2D eigenvalue weighted by molar-refractivity contribution is 0.286. The van der Waals surface area contributed by atoms with Gasteiger partial charge in [-0.1, -0.05) is 0 Å². The number of nitrogens with zero attached hydrogens (tertiary/aromatic N) is 4. The first-order valence-corrected chi connectivity index (χ1v) is 10.5. The van der Waals surface area contributed by atoms with Crippen LogP contribution in [0.3, 0.4) is 0 Å². The predicted octanol–water partition coefficient (Wildman–Crippen LogP) is 1.49. The first-order valence-electron chi connectivity index (χ1n) is 9.04. The molecule has 146 valence electrons. The van der Waals surface area contributed by atoms with E-state index < -0.39 is 10.0 Å². The van der Waals surface area contributed by atoms with E-state index in [1.54, 1.807) is 18.5 Å². The van der Waals surface area contributed by atoms with E-state index >= 15 is 0 Å². The van der Waals surface area contributed by atoms with E-state index in [1.807, 2.05) is 12.1 Å². The van der Waals surface area contributed by atoms with Crippen LogP contribution in [0.15, 0.2) is 59.0 Å². The van der Waals surface area contributed by atoms with Crippen LogP contribution >= 0.6 is 0 Å². The minimum atomic E-state index is -3.61. The van der Waals surface area contributed by atoms with Crippen molar-refractivity contribution < 1.29 is 8.42 Å². The molecular weight excluding hydrogens is 380 g/mol. The first kappa shape index (κ1) is 18.5. The predicted molar refractivity (Wildman–Crippen MR) is 102 cm³/mol. The fraction of sp³-hybridized carbons (Fsp3) is 0.333. The van der Waals surface area contributed by atoms with Crippen LogP contribution in [0.2, 0.25) is 0 Å². The number of rotatable bonds is 5. The molecule has 0 saturated heterocycles. The molecular formula is C18H20N6O3S. The minimum absolute atomic E-state index is 0.0533. The summed E-state index contributed by atoms with van der Waals surface area (Å²) >= 11 is 0. The van der Waals surface area contributed by atoms with Crippen LogP contribution in [0.25, 0.3) is 11.3 Å². The van der Waals surface area contributed by atoms with Crippen molar-refractivity contribution in [3.63, 3.8) is 0 Å². The summed E-state index contributed by atoms with van der Waals surface area (Å²) in [4.78, 5) is 22.7. The van der Waals surface area contributed by atoms with E-state index in [0.29, 0.717) is 31.4 Å². The van der Waals surface area contributed by atoms with E-state index in [9.17, 15) is 13.2 Å². The molecule has 3 heterocycles. The van der Waals surface area contributed by atoms with Gasteiger partial charge in [0.15, 0.2) is 5.03 Å². The number of hydrogen-bond acceptors (Lipinski definition) is 6. The Kier molecular flexibility index (Phi) is 5.05. The number of imidazole rings is 1. The number of hydrogen-bond donors (Lipinski definition) is 2. The van der Waals surface area contributed by atoms with Crippen LogP contribution in [0, 0.1) is 0 Å². The minimum Gasteiger partial charge on any atom is -0.335 e. The summed E-state index contributed by atoms with van der Waals surface area (Å²) in [6.45, 7) is 0. The quantitative estimate of drug-likeness (QED) is 0.669. The third-order valence-corrected chi connectivity index (χ3v) is 6.37. The van der Waals surface area contributed by atoms with Crippen molar-refractivity contribution >= 4 is 10.0 Å². The molecule has 3 aromatic rings. The molecule has 9 nitrogen and oxygen atoms in total. The van der Waals surface area contributed by atoms with Crippen molar-refractivity contribution in [2.75, 3.05) is 0 Å².